The third-order valence-corrected chi connectivity index (χ3v) is 3.74. The predicted octanol–water partition coefficient (Wildman–Crippen LogP) is 2.44. The van der Waals surface area contributed by atoms with E-state index in [1.807, 2.05) is 13.8 Å². The number of hydrogen-bond acceptors (Lipinski definition) is 3. The van der Waals surface area contributed by atoms with Crippen LogP contribution < -0.4 is 0 Å². The fourth-order valence-electron chi connectivity index (χ4n) is 2.16. The normalized spacial score (nSPS) is 14.4. The van der Waals surface area contributed by atoms with Crippen molar-refractivity contribution in [2.75, 3.05) is 0 Å². The molecule has 20 heavy (non-hydrogen) atoms. The molecule has 1 atom stereocenters. The summed E-state index contributed by atoms with van der Waals surface area (Å²) in [6.45, 7) is 4.38. The fourth-order valence-corrected chi connectivity index (χ4v) is 2.16. The van der Waals surface area contributed by atoms with Crippen molar-refractivity contribution >= 4 is 0 Å². The van der Waals surface area contributed by atoms with E-state index in [2.05, 4.69) is 10.1 Å². The third kappa shape index (κ3) is 3.63. The maximum atomic E-state index is 12.9. The van der Waals surface area contributed by atoms with Crippen molar-refractivity contribution in [3.8, 4) is 0 Å². The van der Waals surface area contributed by atoms with Gasteiger partial charge in [-0.05, 0) is 36.5 Å². The second-order valence-corrected chi connectivity index (χ2v) is 5.48. The van der Waals surface area contributed by atoms with E-state index >= 15 is 0 Å². The van der Waals surface area contributed by atoms with Crippen molar-refractivity contribution in [1.29, 1.82) is 0 Å². The Kier molecular flexibility index (Phi) is 4.49. The number of benzene rings is 1. The van der Waals surface area contributed by atoms with Crippen molar-refractivity contribution in [2.45, 2.75) is 38.8 Å². The standard InChI is InChI=1S/C15H20FN3O/c1-12(2)15(20,9-19-11-17-10-18-19)8-7-13-3-5-14(16)6-4-13/h3-6,10-12,20H,7-9H2,1-2H3. The number of nitrogens with zero attached hydrogens (tertiary/aromatic N) is 3. The molecule has 0 fully saturated rings. The largest absolute Gasteiger partial charge is 0.388 e. The molecular formula is C15H20FN3O. The highest BCUT2D eigenvalue weighted by Gasteiger charge is 2.31. The molecule has 1 N–H and O–H groups in total. The van der Waals surface area contributed by atoms with Gasteiger partial charge >= 0.3 is 0 Å². The molecule has 1 unspecified atom stereocenters. The van der Waals surface area contributed by atoms with E-state index in [0.29, 0.717) is 19.4 Å². The molecule has 0 spiro atoms. The summed E-state index contributed by atoms with van der Waals surface area (Å²) in [4.78, 5) is 3.89. The molecule has 0 amide bonds. The second-order valence-electron chi connectivity index (χ2n) is 5.48. The van der Waals surface area contributed by atoms with Crippen molar-refractivity contribution in [3.05, 3.63) is 48.3 Å². The van der Waals surface area contributed by atoms with Gasteiger partial charge in [0.1, 0.15) is 18.5 Å². The lowest BCUT2D eigenvalue weighted by molar-refractivity contribution is -0.0309. The minimum atomic E-state index is -0.859. The van der Waals surface area contributed by atoms with Crippen LogP contribution in [0.15, 0.2) is 36.9 Å². The Morgan fingerprint density at radius 1 is 1.30 bits per heavy atom. The highest BCUT2D eigenvalue weighted by molar-refractivity contribution is 5.16. The maximum Gasteiger partial charge on any atom is 0.137 e. The lowest BCUT2D eigenvalue weighted by Crippen LogP contribution is -2.40. The third-order valence-electron chi connectivity index (χ3n) is 3.74. The van der Waals surface area contributed by atoms with Crippen molar-refractivity contribution in [2.24, 2.45) is 5.92 Å². The number of rotatable bonds is 6. The van der Waals surface area contributed by atoms with Crippen molar-refractivity contribution in [1.82, 2.24) is 14.8 Å². The van der Waals surface area contributed by atoms with Crippen LogP contribution in [-0.2, 0) is 13.0 Å². The monoisotopic (exact) mass is 277 g/mol. The van der Waals surface area contributed by atoms with E-state index in [4.69, 9.17) is 0 Å². The smallest absolute Gasteiger partial charge is 0.137 e. The molecule has 0 saturated heterocycles. The molecule has 0 radical (unpaired) electrons. The van der Waals surface area contributed by atoms with E-state index in [9.17, 15) is 9.50 Å². The van der Waals surface area contributed by atoms with Gasteiger partial charge in [0.25, 0.3) is 0 Å². The summed E-state index contributed by atoms with van der Waals surface area (Å²) < 4.78 is 14.5. The molecule has 108 valence electrons. The van der Waals surface area contributed by atoms with Gasteiger partial charge in [-0.15, -0.1) is 0 Å². The first-order chi connectivity index (χ1) is 9.49. The Morgan fingerprint density at radius 3 is 2.55 bits per heavy atom. The van der Waals surface area contributed by atoms with Gasteiger partial charge in [0.2, 0.25) is 0 Å². The predicted molar refractivity (Wildman–Crippen MR) is 74.5 cm³/mol. The lowest BCUT2D eigenvalue weighted by atomic mass is 9.84. The quantitative estimate of drug-likeness (QED) is 0.882. The molecule has 0 aliphatic rings. The second kappa shape index (κ2) is 6.13. The average molecular weight is 277 g/mol. The van der Waals surface area contributed by atoms with Crippen LogP contribution >= 0.6 is 0 Å². The minimum Gasteiger partial charge on any atom is -0.388 e. The number of halogens is 1. The van der Waals surface area contributed by atoms with Crippen LogP contribution in [0.4, 0.5) is 4.39 Å². The molecule has 1 aromatic carbocycles. The molecule has 1 heterocycles. The molecule has 2 aromatic rings. The van der Waals surface area contributed by atoms with Gasteiger partial charge in [-0.2, -0.15) is 5.10 Å². The van der Waals surface area contributed by atoms with Crippen LogP contribution in [0.5, 0.6) is 0 Å². The number of aliphatic hydroxyl groups is 1. The van der Waals surface area contributed by atoms with Gasteiger partial charge in [-0.3, -0.25) is 4.68 Å². The first-order valence-corrected chi connectivity index (χ1v) is 6.79. The van der Waals surface area contributed by atoms with Crippen LogP contribution in [0.3, 0.4) is 0 Å². The van der Waals surface area contributed by atoms with Gasteiger partial charge in [-0.1, -0.05) is 26.0 Å². The summed E-state index contributed by atoms with van der Waals surface area (Å²) in [5, 5.41) is 14.9. The topological polar surface area (TPSA) is 50.9 Å². The van der Waals surface area contributed by atoms with Gasteiger partial charge in [-0.25, -0.2) is 9.37 Å². The highest BCUT2D eigenvalue weighted by Crippen LogP contribution is 2.25. The van der Waals surface area contributed by atoms with Crippen LogP contribution in [0.1, 0.15) is 25.8 Å². The summed E-state index contributed by atoms with van der Waals surface area (Å²) in [5.41, 5.74) is 0.159. The zero-order chi connectivity index (χ0) is 14.6. The Bertz CT molecular complexity index is 525. The summed E-state index contributed by atoms with van der Waals surface area (Å²) in [6.07, 6.45) is 4.35. The zero-order valence-electron chi connectivity index (χ0n) is 11.8. The number of hydrogen-bond donors (Lipinski definition) is 1. The van der Waals surface area contributed by atoms with E-state index in [1.54, 1.807) is 23.1 Å². The van der Waals surface area contributed by atoms with E-state index in [0.717, 1.165) is 5.56 Å². The maximum absolute atomic E-state index is 12.9. The summed E-state index contributed by atoms with van der Waals surface area (Å²) in [7, 11) is 0. The van der Waals surface area contributed by atoms with Gasteiger partial charge in [0, 0.05) is 0 Å². The van der Waals surface area contributed by atoms with Crippen LogP contribution in [-0.4, -0.2) is 25.5 Å². The first-order valence-electron chi connectivity index (χ1n) is 6.79. The minimum absolute atomic E-state index is 0.0900. The summed E-state index contributed by atoms with van der Waals surface area (Å²) in [5.74, 6) is -0.150. The Labute approximate surface area is 118 Å². The lowest BCUT2D eigenvalue weighted by Gasteiger charge is -2.32. The molecule has 1 aromatic heterocycles. The average Bonchev–Trinajstić information content (AvgIpc) is 2.90. The van der Waals surface area contributed by atoms with E-state index < -0.39 is 5.60 Å². The SMILES string of the molecule is CC(C)C(O)(CCc1ccc(F)cc1)Cn1cncn1. The summed E-state index contributed by atoms with van der Waals surface area (Å²) >= 11 is 0. The van der Waals surface area contributed by atoms with E-state index in [1.165, 1.54) is 18.5 Å². The Balaban J connectivity index is 2.03. The highest BCUT2D eigenvalue weighted by atomic mass is 19.1. The van der Waals surface area contributed by atoms with E-state index in [-0.39, 0.29) is 11.7 Å². The van der Waals surface area contributed by atoms with Gasteiger partial charge < -0.3 is 5.11 Å². The van der Waals surface area contributed by atoms with Crippen molar-refractivity contribution in [3.63, 3.8) is 0 Å². The van der Waals surface area contributed by atoms with Gasteiger partial charge in [0.05, 0.1) is 12.1 Å². The molecule has 5 heteroatoms. The molecule has 0 saturated carbocycles. The number of aryl methyl sites for hydroxylation is 1. The van der Waals surface area contributed by atoms with Crippen molar-refractivity contribution < 1.29 is 9.50 Å². The Morgan fingerprint density at radius 2 is 2.00 bits per heavy atom. The van der Waals surface area contributed by atoms with Crippen LogP contribution in [0.25, 0.3) is 0 Å². The van der Waals surface area contributed by atoms with Crippen LogP contribution in [0.2, 0.25) is 0 Å². The molecule has 4 nitrogen and oxygen atoms in total. The first kappa shape index (κ1) is 14.7. The fraction of sp³-hybridized carbons (Fsp3) is 0.467. The zero-order valence-corrected chi connectivity index (χ0v) is 11.8. The van der Waals surface area contributed by atoms with Crippen LogP contribution in [0, 0.1) is 11.7 Å². The Hall–Kier alpha value is -1.75. The molecule has 2 rings (SSSR count). The summed E-state index contributed by atoms with van der Waals surface area (Å²) in [6, 6.07) is 6.40. The molecule has 0 bridgehead atoms. The van der Waals surface area contributed by atoms with Gasteiger partial charge in [0.15, 0.2) is 0 Å². The number of aromatic nitrogens is 3. The molecule has 0 aliphatic heterocycles. The molecular weight excluding hydrogens is 257 g/mol. The molecule has 0 aliphatic carbocycles.